The summed E-state index contributed by atoms with van der Waals surface area (Å²) in [5.41, 5.74) is 1.60. The average molecular weight is 537 g/mol. The molecule has 0 radical (unpaired) electrons. The zero-order valence-corrected chi connectivity index (χ0v) is 21.1. The van der Waals surface area contributed by atoms with Crippen LogP contribution in [0.25, 0.3) is 16.6 Å². The molecule has 2 aliphatic rings. The first-order valence-electron chi connectivity index (χ1n) is 11.9. The zero-order chi connectivity index (χ0) is 25.6. The van der Waals surface area contributed by atoms with Crippen LogP contribution in [0.3, 0.4) is 0 Å². The van der Waals surface area contributed by atoms with Crippen LogP contribution in [0.1, 0.15) is 48.9 Å². The molecule has 3 aromatic rings. The molecular formula is C26H25Cl2F3N4O. The Balaban J connectivity index is 1.52. The van der Waals surface area contributed by atoms with Gasteiger partial charge < -0.3 is 14.8 Å². The molecular weight excluding hydrogens is 512 g/mol. The predicted octanol–water partition coefficient (Wildman–Crippen LogP) is 6.34. The fourth-order valence-corrected chi connectivity index (χ4v) is 5.67. The third-order valence-corrected chi connectivity index (χ3v) is 7.64. The molecule has 0 bridgehead atoms. The van der Waals surface area contributed by atoms with E-state index in [2.05, 4.69) is 10.3 Å². The van der Waals surface area contributed by atoms with Crippen molar-refractivity contribution in [2.24, 2.45) is 0 Å². The van der Waals surface area contributed by atoms with Crippen LogP contribution in [-0.2, 0) is 11.0 Å². The fraction of sp³-hybridized carbons (Fsp3) is 0.385. The molecule has 0 spiro atoms. The van der Waals surface area contributed by atoms with Crippen molar-refractivity contribution in [1.82, 2.24) is 19.8 Å². The van der Waals surface area contributed by atoms with E-state index in [-0.39, 0.29) is 35.6 Å². The van der Waals surface area contributed by atoms with E-state index in [1.165, 1.54) is 6.33 Å². The summed E-state index contributed by atoms with van der Waals surface area (Å²) in [6, 6.07) is 7.37. The minimum Gasteiger partial charge on any atom is -0.337 e. The molecule has 10 heteroatoms. The van der Waals surface area contributed by atoms with Crippen molar-refractivity contribution in [2.75, 3.05) is 19.6 Å². The maximum absolute atomic E-state index is 14.1. The van der Waals surface area contributed by atoms with Crippen LogP contribution in [-0.4, -0.2) is 46.0 Å². The largest absolute Gasteiger partial charge is 0.417 e. The van der Waals surface area contributed by atoms with Gasteiger partial charge in [0.1, 0.15) is 0 Å². The van der Waals surface area contributed by atoms with Gasteiger partial charge in [-0.15, -0.1) is 0 Å². The Hall–Kier alpha value is -2.55. The van der Waals surface area contributed by atoms with Crippen LogP contribution in [0.15, 0.2) is 42.7 Å². The van der Waals surface area contributed by atoms with E-state index in [0.29, 0.717) is 34.1 Å². The molecule has 2 atom stereocenters. The van der Waals surface area contributed by atoms with E-state index in [1.807, 2.05) is 11.5 Å². The normalized spacial score (nSPS) is 19.6. The number of nitrogens with zero attached hydrogens (tertiary/aromatic N) is 3. The molecule has 0 saturated carbocycles. The zero-order valence-electron chi connectivity index (χ0n) is 19.6. The SMILES string of the molecule is CC(c1ccc(Cl)cc1Cl)n1cnc2cc(C(F)(F)F)c(C3=CCN(C(=O)C4CCCN4)CC3)cc21. The number of aromatic nitrogens is 2. The van der Waals surface area contributed by atoms with Crippen molar-refractivity contribution >= 4 is 45.7 Å². The van der Waals surface area contributed by atoms with Crippen molar-refractivity contribution < 1.29 is 18.0 Å². The van der Waals surface area contributed by atoms with E-state index in [1.54, 1.807) is 35.2 Å². The first-order chi connectivity index (χ1) is 17.1. The topological polar surface area (TPSA) is 50.2 Å². The lowest BCUT2D eigenvalue weighted by molar-refractivity contribution is -0.138. The number of hydrogen-bond acceptors (Lipinski definition) is 3. The van der Waals surface area contributed by atoms with Crippen molar-refractivity contribution in [2.45, 2.75) is 44.4 Å². The van der Waals surface area contributed by atoms with E-state index < -0.39 is 11.7 Å². The lowest BCUT2D eigenvalue weighted by Crippen LogP contribution is -2.45. The van der Waals surface area contributed by atoms with Gasteiger partial charge in [0, 0.05) is 23.1 Å². The van der Waals surface area contributed by atoms with Crippen molar-refractivity contribution in [3.8, 4) is 0 Å². The Morgan fingerprint density at radius 1 is 1.22 bits per heavy atom. The lowest BCUT2D eigenvalue weighted by atomic mass is 9.93. The van der Waals surface area contributed by atoms with Gasteiger partial charge in [-0.25, -0.2) is 4.98 Å². The van der Waals surface area contributed by atoms with Crippen molar-refractivity contribution in [3.63, 3.8) is 0 Å². The molecule has 1 saturated heterocycles. The van der Waals surface area contributed by atoms with Gasteiger partial charge in [0.25, 0.3) is 0 Å². The third kappa shape index (κ3) is 4.74. The third-order valence-electron chi connectivity index (χ3n) is 7.07. The van der Waals surface area contributed by atoms with E-state index in [9.17, 15) is 18.0 Å². The molecule has 0 aliphatic carbocycles. The highest BCUT2D eigenvalue weighted by Gasteiger charge is 2.36. The van der Waals surface area contributed by atoms with Gasteiger partial charge in [-0.05, 0) is 73.7 Å². The molecule has 2 aromatic carbocycles. The minimum absolute atomic E-state index is 0.0149. The van der Waals surface area contributed by atoms with Crippen LogP contribution in [0.2, 0.25) is 10.0 Å². The molecule has 5 rings (SSSR count). The number of alkyl halides is 3. The Bertz CT molecular complexity index is 1340. The van der Waals surface area contributed by atoms with Gasteiger partial charge >= 0.3 is 6.18 Å². The van der Waals surface area contributed by atoms with E-state index >= 15 is 0 Å². The number of amides is 1. The number of nitrogens with one attached hydrogen (secondary N) is 1. The highest BCUT2D eigenvalue weighted by atomic mass is 35.5. The molecule has 2 aliphatic heterocycles. The number of hydrogen-bond donors (Lipinski definition) is 1. The quantitative estimate of drug-likeness (QED) is 0.423. The summed E-state index contributed by atoms with van der Waals surface area (Å²) in [5, 5.41) is 4.17. The number of fused-ring (bicyclic) bond motifs is 1. The second-order valence-electron chi connectivity index (χ2n) is 9.29. The molecule has 1 aromatic heterocycles. The fourth-order valence-electron chi connectivity index (χ4n) is 5.10. The maximum atomic E-state index is 14.1. The second kappa shape index (κ2) is 9.72. The van der Waals surface area contributed by atoms with Crippen LogP contribution >= 0.6 is 23.2 Å². The van der Waals surface area contributed by atoms with Gasteiger partial charge in [-0.2, -0.15) is 13.2 Å². The van der Waals surface area contributed by atoms with E-state index in [0.717, 1.165) is 31.0 Å². The molecule has 3 heterocycles. The smallest absolute Gasteiger partial charge is 0.337 e. The first-order valence-corrected chi connectivity index (χ1v) is 12.6. The molecule has 1 amide bonds. The standard InChI is InChI=1S/C26H25Cl2F3N4O/c1-15(18-5-4-17(27)11-21(18)28)35-14-33-23-13-20(26(29,30)31)19(12-24(23)35)16-6-9-34(10-7-16)25(36)22-3-2-8-32-22/h4-6,11-15,22,32H,2-3,7-10H2,1H3. The van der Waals surface area contributed by atoms with Crippen LogP contribution in [0.4, 0.5) is 13.2 Å². The molecule has 1 N–H and O–H groups in total. The number of carbonyl (C=O) groups excluding carboxylic acids is 1. The Kier molecular flexibility index (Phi) is 6.78. The summed E-state index contributed by atoms with van der Waals surface area (Å²) in [7, 11) is 0. The predicted molar refractivity (Wildman–Crippen MR) is 135 cm³/mol. The van der Waals surface area contributed by atoms with Crippen molar-refractivity contribution in [1.29, 1.82) is 0 Å². The van der Waals surface area contributed by atoms with E-state index in [4.69, 9.17) is 23.2 Å². The van der Waals surface area contributed by atoms with Crippen molar-refractivity contribution in [3.05, 3.63) is 69.5 Å². The minimum atomic E-state index is -4.54. The van der Waals surface area contributed by atoms with Crippen LogP contribution < -0.4 is 5.32 Å². The van der Waals surface area contributed by atoms with Gasteiger partial charge in [-0.3, -0.25) is 4.79 Å². The molecule has 1 fully saturated rings. The maximum Gasteiger partial charge on any atom is 0.417 e. The lowest BCUT2D eigenvalue weighted by Gasteiger charge is -2.29. The number of imidazole rings is 1. The highest BCUT2D eigenvalue weighted by Crippen LogP contribution is 2.40. The average Bonchev–Trinajstić information content (AvgIpc) is 3.52. The number of halogens is 5. The molecule has 190 valence electrons. The monoisotopic (exact) mass is 536 g/mol. The molecule has 2 unspecified atom stereocenters. The van der Waals surface area contributed by atoms with Gasteiger partial charge in [-0.1, -0.05) is 35.3 Å². The van der Waals surface area contributed by atoms with Gasteiger partial charge in [0.05, 0.1) is 35.0 Å². The van der Waals surface area contributed by atoms with Gasteiger partial charge in [0.2, 0.25) is 5.91 Å². The Morgan fingerprint density at radius 2 is 2.03 bits per heavy atom. The number of carbonyl (C=O) groups is 1. The summed E-state index contributed by atoms with van der Waals surface area (Å²) in [5.74, 6) is 0.0149. The highest BCUT2D eigenvalue weighted by molar-refractivity contribution is 6.35. The summed E-state index contributed by atoms with van der Waals surface area (Å²) in [6.45, 7) is 3.40. The second-order valence-corrected chi connectivity index (χ2v) is 10.1. The summed E-state index contributed by atoms with van der Waals surface area (Å²) in [4.78, 5) is 18.7. The summed E-state index contributed by atoms with van der Waals surface area (Å²) in [6.07, 6.45) is 0.829. The first kappa shape index (κ1) is 25.1. The Labute approximate surface area is 216 Å². The Morgan fingerprint density at radius 3 is 2.67 bits per heavy atom. The molecule has 36 heavy (non-hydrogen) atoms. The number of benzene rings is 2. The summed E-state index contributed by atoms with van der Waals surface area (Å²) < 4.78 is 44.1. The summed E-state index contributed by atoms with van der Waals surface area (Å²) >= 11 is 12.4. The van der Waals surface area contributed by atoms with Crippen LogP contribution in [0, 0.1) is 0 Å². The molecule has 5 nitrogen and oxygen atoms in total. The number of rotatable bonds is 4. The van der Waals surface area contributed by atoms with Gasteiger partial charge in [0.15, 0.2) is 0 Å². The van der Waals surface area contributed by atoms with Crippen LogP contribution in [0.5, 0.6) is 0 Å².